The minimum atomic E-state index is -0.137. The fraction of sp³-hybridized carbons (Fsp3) is 0.300. The van der Waals surface area contributed by atoms with Gasteiger partial charge in [0, 0.05) is 30.5 Å². The summed E-state index contributed by atoms with van der Waals surface area (Å²) in [5.41, 5.74) is 4.06. The van der Waals surface area contributed by atoms with E-state index in [1.807, 2.05) is 44.2 Å². The zero-order chi connectivity index (χ0) is 19.5. The molecule has 1 fully saturated rings. The van der Waals surface area contributed by atoms with E-state index < -0.39 is 0 Å². The van der Waals surface area contributed by atoms with Crippen molar-refractivity contribution in [2.75, 3.05) is 28.6 Å². The molecule has 1 saturated heterocycles. The van der Waals surface area contributed by atoms with Crippen LogP contribution in [0.15, 0.2) is 35.8 Å². The summed E-state index contributed by atoms with van der Waals surface area (Å²) in [4.78, 5) is 28.4. The Hall–Kier alpha value is -3.00. The molecule has 7 nitrogen and oxygen atoms in total. The standard InChI is InChI=1S/C20H22N6OS/c1-13-19(28-12-21-13)20(27)25-16-7-5-15(6-8-16)24-17-11-18(23-14(2)22-17)26-9-3-4-10-26/h5-8,11-12H,3-4,9-10H2,1-2H3,(H,25,27)(H,22,23,24). The molecule has 8 heteroatoms. The van der Waals surface area contributed by atoms with Crippen molar-refractivity contribution >= 4 is 40.3 Å². The molecule has 0 saturated carbocycles. The summed E-state index contributed by atoms with van der Waals surface area (Å²) in [5, 5.41) is 6.23. The molecule has 0 spiro atoms. The molecule has 0 atom stereocenters. The van der Waals surface area contributed by atoms with Gasteiger partial charge in [-0.3, -0.25) is 4.79 Å². The Morgan fingerprint density at radius 2 is 1.79 bits per heavy atom. The Bertz CT molecular complexity index is 979. The molecule has 4 rings (SSSR count). The van der Waals surface area contributed by atoms with Crippen LogP contribution in [0.5, 0.6) is 0 Å². The topological polar surface area (TPSA) is 83.0 Å². The number of benzene rings is 1. The zero-order valence-corrected chi connectivity index (χ0v) is 16.7. The molecular formula is C20H22N6OS. The van der Waals surface area contributed by atoms with Gasteiger partial charge < -0.3 is 15.5 Å². The van der Waals surface area contributed by atoms with Crippen molar-refractivity contribution < 1.29 is 4.79 Å². The highest BCUT2D eigenvalue weighted by Crippen LogP contribution is 2.24. The summed E-state index contributed by atoms with van der Waals surface area (Å²) >= 11 is 1.34. The summed E-state index contributed by atoms with van der Waals surface area (Å²) in [6.45, 7) is 5.83. The van der Waals surface area contributed by atoms with Gasteiger partial charge in [-0.15, -0.1) is 11.3 Å². The lowest BCUT2D eigenvalue weighted by Gasteiger charge is -2.18. The molecular weight excluding hydrogens is 372 g/mol. The fourth-order valence-corrected chi connectivity index (χ4v) is 3.91. The lowest BCUT2D eigenvalue weighted by Crippen LogP contribution is -2.19. The Balaban J connectivity index is 1.44. The van der Waals surface area contributed by atoms with E-state index in [4.69, 9.17) is 0 Å². The van der Waals surface area contributed by atoms with Crippen LogP contribution in [0.2, 0.25) is 0 Å². The number of anilines is 4. The second-order valence-electron chi connectivity index (χ2n) is 6.78. The molecule has 28 heavy (non-hydrogen) atoms. The van der Waals surface area contributed by atoms with Gasteiger partial charge in [0.05, 0.1) is 11.2 Å². The monoisotopic (exact) mass is 394 g/mol. The normalized spacial score (nSPS) is 13.6. The van der Waals surface area contributed by atoms with E-state index in [0.717, 1.165) is 47.6 Å². The van der Waals surface area contributed by atoms with Crippen LogP contribution < -0.4 is 15.5 Å². The van der Waals surface area contributed by atoms with E-state index in [9.17, 15) is 4.79 Å². The number of hydrogen-bond donors (Lipinski definition) is 2. The second kappa shape index (κ2) is 7.93. The minimum absolute atomic E-state index is 0.137. The summed E-state index contributed by atoms with van der Waals surface area (Å²) in [6.07, 6.45) is 2.42. The van der Waals surface area contributed by atoms with E-state index in [0.29, 0.717) is 4.88 Å². The Labute approximate surface area is 167 Å². The van der Waals surface area contributed by atoms with Gasteiger partial charge in [-0.25, -0.2) is 15.0 Å². The maximum atomic E-state index is 12.3. The number of aromatic nitrogens is 3. The van der Waals surface area contributed by atoms with Gasteiger partial charge in [0.25, 0.3) is 5.91 Å². The van der Waals surface area contributed by atoms with Crippen LogP contribution in [0.3, 0.4) is 0 Å². The van der Waals surface area contributed by atoms with Gasteiger partial charge in [-0.1, -0.05) is 0 Å². The number of amides is 1. The molecule has 0 aliphatic carbocycles. The first-order valence-electron chi connectivity index (χ1n) is 9.27. The number of rotatable bonds is 5. The van der Waals surface area contributed by atoms with Crippen LogP contribution in [0.25, 0.3) is 0 Å². The molecule has 144 valence electrons. The van der Waals surface area contributed by atoms with Gasteiger partial charge in [0.1, 0.15) is 22.3 Å². The molecule has 1 amide bonds. The van der Waals surface area contributed by atoms with Crippen molar-refractivity contribution in [3.63, 3.8) is 0 Å². The van der Waals surface area contributed by atoms with Crippen molar-refractivity contribution in [2.24, 2.45) is 0 Å². The van der Waals surface area contributed by atoms with Crippen LogP contribution in [0.4, 0.5) is 23.0 Å². The number of carbonyl (C=O) groups is 1. The van der Waals surface area contributed by atoms with Crippen molar-refractivity contribution in [3.05, 3.63) is 52.2 Å². The Morgan fingerprint density at radius 1 is 1.07 bits per heavy atom. The minimum Gasteiger partial charge on any atom is -0.356 e. The predicted octanol–water partition coefficient (Wildman–Crippen LogP) is 4.15. The number of carbonyl (C=O) groups excluding carboxylic acids is 1. The summed E-state index contributed by atoms with van der Waals surface area (Å²) in [7, 11) is 0. The zero-order valence-electron chi connectivity index (χ0n) is 15.9. The van der Waals surface area contributed by atoms with Crippen LogP contribution in [0.1, 0.15) is 34.0 Å². The highest BCUT2D eigenvalue weighted by molar-refractivity contribution is 7.12. The van der Waals surface area contributed by atoms with Crippen LogP contribution in [0, 0.1) is 13.8 Å². The second-order valence-corrected chi connectivity index (χ2v) is 7.63. The predicted molar refractivity (Wildman–Crippen MR) is 113 cm³/mol. The molecule has 2 N–H and O–H groups in total. The van der Waals surface area contributed by atoms with Gasteiger partial charge in [-0.05, 0) is 51.0 Å². The number of hydrogen-bond acceptors (Lipinski definition) is 7. The molecule has 2 aromatic heterocycles. The summed E-state index contributed by atoms with van der Waals surface area (Å²) in [6, 6.07) is 9.56. The third kappa shape index (κ3) is 4.12. The van der Waals surface area contributed by atoms with Crippen molar-refractivity contribution in [2.45, 2.75) is 26.7 Å². The first-order chi connectivity index (χ1) is 13.6. The van der Waals surface area contributed by atoms with Crippen molar-refractivity contribution in [3.8, 4) is 0 Å². The average molecular weight is 395 g/mol. The van der Waals surface area contributed by atoms with E-state index in [2.05, 4.69) is 30.5 Å². The fourth-order valence-electron chi connectivity index (χ4n) is 3.22. The van der Waals surface area contributed by atoms with Crippen LogP contribution in [-0.4, -0.2) is 33.9 Å². The molecule has 0 unspecified atom stereocenters. The molecule has 1 aliphatic rings. The van der Waals surface area contributed by atoms with Gasteiger partial charge >= 0.3 is 0 Å². The van der Waals surface area contributed by atoms with E-state index >= 15 is 0 Å². The maximum Gasteiger partial charge on any atom is 0.267 e. The SMILES string of the molecule is Cc1nc(Nc2ccc(NC(=O)c3scnc3C)cc2)cc(N2CCCC2)n1. The number of nitrogens with one attached hydrogen (secondary N) is 2. The molecule has 3 heterocycles. The summed E-state index contributed by atoms with van der Waals surface area (Å²) < 4.78 is 0. The van der Waals surface area contributed by atoms with Gasteiger partial charge in [-0.2, -0.15) is 0 Å². The first kappa shape index (κ1) is 18.4. The van der Waals surface area contributed by atoms with Gasteiger partial charge in [0.2, 0.25) is 0 Å². The number of thiazole rings is 1. The third-order valence-electron chi connectivity index (χ3n) is 4.62. The molecule has 1 aromatic carbocycles. The number of aryl methyl sites for hydroxylation is 2. The first-order valence-corrected chi connectivity index (χ1v) is 10.2. The summed E-state index contributed by atoms with van der Waals surface area (Å²) in [5.74, 6) is 2.35. The Morgan fingerprint density at radius 3 is 2.46 bits per heavy atom. The largest absolute Gasteiger partial charge is 0.356 e. The maximum absolute atomic E-state index is 12.3. The van der Waals surface area contributed by atoms with Crippen LogP contribution in [-0.2, 0) is 0 Å². The van der Waals surface area contributed by atoms with Gasteiger partial charge in [0.15, 0.2) is 0 Å². The van der Waals surface area contributed by atoms with Crippen molar-refractivity contribution in [1.29, 1.82) is 0 Å². The molecule has 3 aromatic rings. The van der Waals surface area contributed by atoms with E-state index in [1.54, 1.807) is 5.51 Å². The molecule has 0 bridgehead atoms. The number of nitrogens with zero attached hydrogens (tertiary/aromatic N) is 4. The Kier molecular flexibility index (Phi) is 5.21. The van der Waals surface area contributed by atoms with Crippen molar-refractivity contribution in [1.82, 2.24) is 15.0 Å². The van der Waals surface area contributed by atoms with E-state index in [1.165, 1.54) is 24.2 Å². The lowest BCUT2D eigenvalue weighted by molar-refractivity contribution is 0.103. The van der Waals surface area contributed by atoms with E-state index in [-0.39, 0.29) is 5.91 Å². The molecule has 1 aliphatic heterocycles. The molecule has 0 radical (unpaired) electrons. The lowest BCUT2D eigenvalue weighted by atomic mass is 10.2. The average Bonchev–Trinajstić information content (AvgIpc) is 3.34. The quantitative estimate of drug-likeness (QED) is 0.677. The highest BCUT2D eigenvalue weighted by Gasteiger charge is 2.15. The third-order valence-corrected chi connectivity index (χ3v) is 5.55. The van der Waals surface area contributed by atoms with Crippen LogP contribution >= 0.6 is 11.3 Å². The smallest absolute Gasteiger partial charge is 0.267 e. The highest BCUT2D eigenvalue weighted by atomic mass is 32.1.